The monoisotopic (exact) mass is 305 g/mol. The summed E-state index contributed by atoms with van der Waals surface area (Å²) in [6.07, 6.45) is 7.85. The van der Waals surface area contributed by atoms with E-state index < -0.39 is 0 Å². The number of H-pyrrole nitrogens is 1. The van der Waals surface area contributed by atoms with Crippen molar-refractivity contribution in [2.24, 2.45) is 0 Å². The highest BCUT2D eigenvalue weighted by Crippen LogP contribution is 2.30. The Morgan fingerprint density at radius 1 is 1.17 bits per heavy atom. The van der Waals surface area contributed by atoms with Crippen LogP contribution < -0.4 is 5.32 Å². The first-order chi connectivity index (χ1) is 11.4. The summed E-state index contributed by atoms with van der Waals surface area (Å²) in [4.78, 5) is 9.06. The zero-order valence-electron chi connectivity index (χ0n) is 12.9. The second-order valence-electron chi connectivity index (χ2n) is 5.91. The maximum absolute atomic E-state index is 4.67. The molecule has 116 valence electrons. The molecule has 4 rings (SSSR count). The molecule has 0 bridgehead atoms. The molecule has 5 heteroatoms. The first-order valence-electron chi connectivity index (χ1n) is 8.03. The van der Waals surface area contributed by atoms with Crippen LogP contribution in [-0.2, 0) is 12.8 Å². The maximum Gasteiger partial charge on any atom is 0.135 e. The molecule has 0 aliphatic heterocycles. The Morgan fingerprint density at radius 2 is 2.09 bits per heavy atom. The molecule has 0 radical (unpaired) electrons. The molecule has 2 heterocycles. The Hall–Kier alpha value is -2.69. The van der Waals surface area contributed by atoms with Gasteiger partial charge in [0.05, 0.1) is 12.2 Å². The predicted molar refractivity (Wildman–Crippen MR) is 89.2 cm³/mol. The Bertz CT molecular complexity index is 781. The van der Waals surface area contributed by atoms with E-state index in [2.05, 4.69) is 37.6 Å². The minimum Gasteiger partial charge on any atom is -0.363 e. The molecule has 23 heavy (non-hydrogen) atoms. The van der Waals surface area contributed by atoms with Gasteiger partial charge in [-0.15, -0.1) is 0 Å². The highest BCUT2D eigenvalue weighted by atomic mass is 15.1. The largest absolute Gasteiger partial charge is 0.363 e. The molecule has 0 saturated carbocycles. The van der Waals surface area contributed by atoms with Crippen LogP contribution in [0.2, 0.25) is 0 Å². The van der Waals surface area contributed by atoms with Crippen molar-refractivity contribution in [2.45, 2.75) is 31.7 Å². The first kappa shape index (κ1) is 13.9. The number of aromatic amines is 1. The van der Waals surface area contributed by atoms with Crippen LogP contribution in [0.1, 0.15) is 41.5 Å². The fraction of sp³-hybridized carbons (Fsp3) is 0.278. The van der Waals surface area contributed by atoms with Crippen molar-refractivity contribution in [1.82, 2.24) is 20.2 Å². The Morgan fingerprint density at radius 3 is 3.00 bits per heavy atom. The average Bonchev–Trinajstić information content (AvgIpc) is 3.06. The molecule has 2 aromatic heterocycles. The molecule has 5 nitrogen and oxygen atoms in total. The van der Waals surface area contributed by atoms with Gasteiger partial charge >= 0.3 is 0 Å². The van der Waals surface area contributed by atoms with E-state index in [1.807, 2.05) is 36.7 Å². The maximum atomic E-state index is 4.67. The minimum absolute atomic E-state index is 0.275. The Labute approximate surface area is 135 Å². The molecule has 2 N–H and O–H groups in total. The van der Waals surface area contributed by atoms with Crippen molar-refractivity contribution in [1.29, 1.82) is 0 Å². The minimum atomic E-state index is 0.275. The van der Waals surface area contributed by atoms with Crippen LogP contribution >= 0.6 is 0 Å². The number of hydrogen-bond acceptors (Lipinski definition) is 4. The summed E-state index contributed by atoms with van der Waals surface area (Å²) < 4.78 is 0. The van der Waals surface area contributed by atoms with Crippen LogP contribution in [0.5, 0.6) is 0 Å². The van der Waals surface area contributed by atoms with Crippen molar-refractivity contribution >= 4 is 5.82 Å². The summed E-state index contributed by atoms with van der Waals surface area (Å²) >= 11 is 0. The van der Waals surface area contributed by atoms with Gasteiger partial charge in [0.2, 0.25) is 0 Å². The molecule has 0 spiro atoms. The Kier molecular flexibility index (Phi) is 3.76. The van der Waals surface area contributed by atoms with E-state index in [0.717, 1.165) is 37.3 Å². The first-order valence-corrected chi connectivity index (χ1v) is 8.03. The van der Waals surface area contributed by atoms with E-state index in [-0.39, 0.29) is 6.04 Å². The molecular formula is C18H19N5. The van der Waals surface area contributed by atoms with Crippen LogP contribution in [0.3, 0.4) is 0 Å². The fourth-order valence-electron chi connectivity index (χ4n) is 3.13. The van der Waals surface area contributed by atoms with E-state index in [9.17, 15) is 0 Å². The van der Waals surface area contributed by atoms with Gasteiger partial charge in [-0.1, -0.05) is 30.3 Å². The quantitative estimate of drug-likeness (QED) is 0.776. The molecule has 0 fully saturated rings. The average molecular weight is 305 g/mol. The second-order valence-corrected chi connectivity index (χ2v) is 5.91. The van der Waals surface area contributed by atoms with Gasteiger partial charge in [0, 0.05) is 23.9 Å². The summed E-state index contributed by atoms with van der Waals surface area (Å²) in [7, 11) is 0. The van der Waals surface area contributed by atoms with Crippen molar-refractivity contribution in [2.75, 3.05) is 5.32 Å². The number of nitrogens with one attached hydrogen (secondary N) is 2. The molecule has 1 aliphatic carbocycles. The van der Waals surface area contributed by atoms with E-state index in [0.29, 0.717) is 0 Å². The van der Waals surface area contributed by atoms with E-state index in [1.165, 1.54) is 16.8 Å². The van der Waals surface area contributed by atoms with Crippen molar-refractivity contribution < 1.29 is 0 Å². The lowest BCUT2D eigenvalue weighted by atomic mass is 9.93. The molecule has 0 amide bonds. The third kappa shape index (κ3) is 3.08. The van der Waals surface area contributed by atoms with Gasteiger partial charge in [-0.25, -0.2) is 9.97 Å². The SMILES string of the molecule is c1ccc(Cc2nccc(NC3CCCc4[nH]ncc43)n2)cc1. The summed E-state index contributed by atoms with van der Waals surface area (Å²) in [6, 6.07) is 12.5. The van der Waals surface area contributed by atoms with Gasteiger partial charge in [-0.3, -0.25) is 5.10 Å². The molecule has 0 saturated heterocycles. The number of anilines is 1. The number of aromatic nitrogens is 4. The van der Waals surface area contributed by atoms with Crippen molar-refractivity contribution in [3.8, 4) is 0 Å². The molecular weight excluding hydrogens is 286 g/mol. The van der Waals surface area contributed by atoms with Gasteiger partial charge in [0.1, 0.15) is 11.6 Å². The van der Waals surface area contributed by atoms with Gasteiger partial charge in [0.25, 0.3) is 0 Å². The number of fused-ring (bicyclic) bond motifs is 1. The molecule has 3 aromatic rings. The standard InChI is InChI=1S/C18H19N5/c1-2-5-13(6-3-1)11-18-19-10-9-17(22-18)21-15-7-4-8-16-14(15)12-20-23-16/h1-3,5-6,9-10,12,15H,4,7-8,11H2,(H,20,23)(H,19,21,22). The summed E-state index contributed by atoms with van der Waals surface area (Å²) in [6.45, 7) is 0. The van der Waals surface area contributed by atoms with Crippen LogP contribution in [0.15, 0.2) is 48.8 Å². The highest BCUT2D eigenvalue weighted by molar-refractivity contribution is 5.39. The van der Waals surface area contributed by atoms with Crippen LogP contribution in [0, 0.1) is 0 Å². The summed E-state index contributed by atoms with van der Waals surface area (Å²) in [5.74, 6) is 1.72. The van der Waals surface area contributed by atoms with Gasteiger partial charge in [-0.2, -0.15) is 5.10 Å². The summed E-state index contributed by atoms with van der Waals surface area (Å²) in [5, 5.41) is 10.8. The lowest BCUT2D eigenvalue weighted by Gasteiger charge is -2.23. The number of rotatable bonds is 4. The highest BCUT2D eigenvalue weighted by Gasteiger charge is 2.22. The van der Waals surface area contributed by atoms with Crippen LogP contribution in [-0.4, -0.2) is 20.2 Å². The number of hydrogen-bond donors (Lipinski definition) is 2. The van der Waals surface area contributed by atoms with E-state index in [1.54, 1.807) is 0 Å². The molecule has 1 aromatic carbocycles. The summed E-state index contributed by atoms with van der Waals surface area (Å²) in [5.41, 5.74) is 3.73. The number of benzene rings is 1. The van der Waals surface area contributed by atoms with Crippen LogP contribution in [0.25, 0.3) is 0 Å². The molecule has 1 aliphatic rings. The fourth-order valence-corrected chi connectivity index (χ4v) is 3.13. The zero-order chi connectivity index (χ0) is 15.5. The number of aryl methyl sites for hydroxylation is 1. The van der Waals surface area contributed by atoms with Crippen molar-refractivity contribution in [3.05, 3.63) is 71.4 Å². The Balaban J connectivity index is 1.51. The molecule has 1 atom stereocenters. The topological polar surface area (TPSA) is 66.5 Å². The zero-order valence-corrected chi connectivity index (χ0v) is 12.9. The molecule has 1 unspecified atom stereocenters. The third-order valence-corrected chi connectivity index (χ3v) is 4.28. The number of nitrogens with zero attached hydrogens (tertiary/aromatic N) is 3. The van der Waals surface area contributed by atoms with E-state index >= 15 is 0 Å². The van der Waals surface area contributed by atoms with Gasteiger partial charge in [0.15, 0.2) is 0 Å². The lowest BCUT2D eigenvalue weighted by Crippen LogP contribution is -2.17. The van der Waals surface area contributed by atoms with E-state index in [4.69, 9.17) is 0 Å². The normalized spacial score (nSPS) is 16.8. The van der Waals surface area contributed by atoms with Gasteiger partial charge in [-0.05, 0) is 30.9 Å². The third-order valence-electron chi connectivity index (χ3n) is 4.28. The van der Waals surface area contributed by atoms with Crippen molar-refractivity contribution in [3.63, 3.8) is 0 Å². The second kappa shape index (κ2) is 6.20. The lowest BCUT2D eigenvalue weighted by molar-refractivity contribution is 0.593. The van der Waals surface area contributed by atoms with Crippen LogP contribution in [0.4, 0.5) is 5.82 Å². The van der Waals surface area contributed by atoms with Gasteiger partial charge < -0.3 is 5.32 Å². The predicted octanol–water partition coefficient (Wildman–Crippen LogP) is 3.28. The smallest absolute Gasteiger partial charge is 0.135 e.